The lowest BCUT2D eigenvalue weighted by molar-refractivity contribution is -0.286. The summed E-state index contributed by atoms with van der Waals surface area (Å²) < 4.78 is 34.9. The molecule has 0 aromatic heterocycles. The summed E-state index contributed by atoms with van der Waals surface area (Å²) in [6, 6.07) is 10.0. The average molecular weight is 372 g/mol. The Bertz CT molecular complexity index is 954. The number of hydrogen-bond acceptors (Lipinski definition) is 4. The van der Waals surface area contributed by atoms with Crippen molar-refractivity contribution < 1.29 is 27.8 Å². The zero-order valence-corrected chi connectivity index (χ0v) is 14.2. The van der Waals surface area contributed by atoms with Crippen LogP contribution in [0, 0.1) is 0 Å². The van der Waals surface area contributed by atoms with Gasteiger partial charge in [0.25, 0.3) is 5.91 Å². The van der Waals surface area contributed by atoms with Crippen LogP contribution in [0.15, 0.2) is 49.0 Å². The Morgan fingerprint density at radius 2 is 1.81 bits per heavy atom. The monoisotopic (exact) mass is 372 g/mol. The number of alkyl halides is 2. The minimum atomic E-state index is -3.73. The number of anilines is 1. The number of fused-ring (bicyclic) bond motifs is 2. The first kappa shape index (κ1) is 17.0. The van der Waals surface area contributed by atoms with Gasteiger partial charge in [-0.3, -0.25) is 14.5 Å². The Morgan fingerprint density at radius 3 is 2.52 bits per heavy atom. The molecule has 2 aliphatic heterocycles. The van der Waals surface area contributed by atoms with Gasteiger partial charge in [0.05, 0.1) is 0 Å². The lowest BCUT2D eigenvalue weighted by Crippen LogP contribution is -2.41. The fraction of sp³-hybridized carbons (Fsp3) is 0.158. The van der Waals surface area contributed by atoms with Gasteiger partial charge in [0.15, 0.2) is 11.5 Å². The van der Waals surface area contributed by atoms with E-state index in [1.54, 1.807) is 31.2 Å². The van der Waals surface area contributed by atoms with E-state index in [0.29, 0.717) is 16.8 Å². The molecule has 2 aromatic rings. The molecule has 6 nitrogen and oxygen atoms in total. The number of ether oxygens (including phenoxy) is 2. The Hall–Kier alpha value is -3.42. The molecular weight excluding hydrogens is 358 g/mol. The molecule has 0 radical (unpaired) electrons. The molecule has 2 aliphatic rings. The van der Waals surface area contributed by atoms with Gasteiger partial charge in [-0.2, -0.15) is 0 Å². The topological polar surface area (TPSA) is 67.9 Å². The summed E-state index contributed by atoms with van der Waals surface area (Å²) in [6.07, 6.45) is -3.73. The summed E-state index contributed by atoms with van der Waals surface area (Å²) in [5, 5.41) is 2.59. The van der Waals surface area contributed by atoms with Crippen molar-refractivity contribution in [3.05, 3.63) is 60.2 Å². The molecule has 138 valence electrons. The van der Waals surface area contributed by atoms with E-state index in [-0.39, 0.29) is 23.1 Å². The van der Waals surface area contributed by atoms with Crippen LogP contribution in [0.1, 0.15) is 22.8 Å². The van der Waals surface area contributed by atoms with E-state index in [4.69, 9.17) is 0 Å². The van der Waals surface area contributed by atoms with Crippen molar-refractivity contribution in [2.75, 3.05) is 5.32 Å². The van der Waals surface area contributed by atoms with Crippen LogP contribution in [0.5, 0.6) is 11.5 Å². The van der Waals surface area contributed by atoms with Gasteiger partial charge in [-0.05, 0) is 25.1 Å². The van der Waals surface area contributed by atoms with Gasteiger partial charge in [-0.15, -0.1) is 8.78 Å². The molecule has 0 aliphatic carbocycles. The average Bonchev–Trinajstić information content (AvgIpc) is 3.06. The second kappa shape index (κ2) is 5.80. The summed E-state index contributed by atoms with van der Waals surface area (Å²) >= 11 is 0. The maximum atomic E-state index is 13.1. The smallest absolute Gasteiger partial charge is 0.395 e. The van der Waals surface area contributed by atoms with Crippen LogP contribution in [0.4, 0.5) is 14.5 Å². The summed E-state index contributed by atoms with van der Waals surface area (Å²) in [5.41, 5.74) is 1.82. The van der Waals surface area contributed by atoms with Crippen molar-refractivity contribution >= 4 is 23.2 Å². The van der Waals surface area contributed by atoms with Crippen LogP contribution in [-0.2, 0) is 4.79 Å². The third-order valence-corrected chi connectivity index (χ3v) is 4.41. The molecular formula is C19H14F2N2O4. The van der Waals surface area contributed by atoms with Crippen molar-refractivity contribution in [1.29, 1.82) is 0 Å². The largest absolute Gasteiger partial charge is 0.586 e. The van der Waals surface area contributed by atoms with Crippen LogP contribution in [0.3, 0.4) is 0 Å². The number of benzene rings is 2. The molecule has 27 heavy (non-hydrogen) atoms. The van der Waals surface area contributed by atoms with Crippen LogP contribution in [0.2, 0.25) is 0 Å². The first-order valence-electron chi connectivity index (χ1n) is 8.09. The molecule has 1 N–H and O–H groups in total. The molecule has 1 unspecified atom stereocenters. The predicted octanol–water partition coefficient (Wildman–Crippen LogP) is 3.46. The third kappa shape index (κ3) is 2.79. The zero-order chi connectivity index (χ0) is 19.3. The molecule has 0 saturated carbocycles. The Balaban J connectivity index is 1.52. The highest BCUT2D eigenvalue weighted by molar-refractivity contribution is 6.11. The van der Waals surface area contributed by atoms with Crippen LogP contribution in [0.25, 0.3) is 5.70 Å². The van der Waals surface area contributed by atoms with Gasteiger partial charge < -0.3 is 14.8 Å². The summed E-state index contributed by atoms with van der Waals surface area (Å²) in [7, 11) is 0. The lowest BCUT2D eigenvalue weighted by Gasteiger charge is -2.24. The minimum absolute atomic E-state index is 0.121. The van der Waals surface area contributed by atoms with Crippen molar-refractivity contribution in [2.45, 2.75) is 19.3 Å². The van der Waals surface area contributed by atoms with Crippen molar-refractivity contribution in [2.24, 2.45) is 0 Å². The highest BCUT2D eigenvalue weighted by Crippen LogP contribution is 2.42. The summed E-state index contributed by atoms with van der Waals surface area (Å²) in [4.78, 5) is 26.5. The Labute approximate surface area is 153 Å². The molecule has 1 atom stereocenters. The normalized spacial score (nSPS) is 17.7. The van der Waals surface area contributed by atoms with Gasteiger partial charge in [-0.1, -0.05) is 24.8 Å². The first-order chi connectivity index (χ1) is 12.8. The number of amides is 2. The number of hydrogen-bond donors (Lipinski definition) is 1. The first-order valence-corrected chi connectivity index (χ1v) is 8.09. The number of carbonyl (C=O) groups is 2. The van der Waals surface area contributed by atoms with E-state index in [9.17, 15) is 18.4 Å². The quantitative estimate of drug-likeness (QED) is 0.896. The molecule has 2 aromatic carbocycles. The Morgan fingerprint density at radius 1 is 1.15 bits per heavy atom. The molecule has 0 fully saturated rings. The highest BCUT2D eigenvalue weighted by atomic mass is 19.3. The van der Waals surface area contributed by atoms with Gasteiger partial charge in [0, 0.05) is 28.6 Å². The molecule has 8 heteroatoms. The van der Waals surface area contributed by atoms with Gasteiger partial charge in [0.2, 0.25) is 5.91 Å². The second-order valence-corrected chi connectivity index (χ2v) is 6.16. The van der Waals surface area contributed by atoms with Gasteiger partial charge in [-0.25, -0.2) is 0 Å². The van der Waals surface area contributed by atoms with Crippen LogP contribution >= 0.6 is 0 Å². The summed E-state index contributed by atoms with van der Waals surface area (Å²) in [6.45, 7) is 5.47. The molecule has 2 heterocycles. The third-order valence-electron chi connectivity index (χ3n) is 4.41. The summed E-state index contributed by atoms with van der Waals surface area (Å²) in [5.74, 6) is -1.12. The van der Waals surface area contributed by atoms with Crippen LogP contribution in [-0.4, -0.2) is 29.1 Å². The standard InChI is InChI=1S/C19H14F2N2O4/c1-10-13-5-3-4-6-14(13)18(25)23(10)11(2)17(24)22-12-7-8-15-16(9-12)27-19(20,21)26-15/h3-9,11H,1H2,2H3,(H,22,24). The van der Waals surface area contributed by atoms with Gasteiger partial charge in [0.1, 0.15) is 6.04 Å². The SMILES string of the molecule is C=C1c2ccccc2C(=O)N1C(C)C(=O)Nc1ccc2c(c1)OC(F)(F)O2. The number of rotatable bonds is 3. The van der Waals surface area contributed by atoms with Crippen molar-refractivity contribution in [3.8, 4) is 11.5 Å². The molecule has 0 saturated heterocycles. The maximum Gasteiger partial charge on any atom is 0.586 e. The van der Waals surface area contributed by atoms with Crippen LogP contribution < -0.4 is 14.8 Å². The van der Waals surface area contributed by atoms with E-state index in [2.05, 4.69) is 21.4 Å². The van der Waals surface area contributed by atoms with E-state index >= 15 is 0 Å². The lowest BCUT2D eigenvalue weighted by atomic mass is 10.1. The molecule has 0 bridgehead atoms. The number of halogens is 2. The number of nitrogens with one attached hydrogen (secondary N) is 1. The van der Waals surface area contributed by atoms with Crippen molar-refractivity contribution in [1.82, 2.24) is 4.90 Å². The molecule has 2 amide bonds. The minimum Gasteiger partial charge on any atom is -0.395 e. The van der Waals surface area contributed by atoms with Gasteiger partial charge >= 0.3 is 6.29 Å². The fourth-order valence-electron chi connectivity index (χ4n) is 3.10. The second-order valence-electron chi connectivity index (χ2n) is 6.16. The zero-order valence-electron chi connectivity index (χ0n) is 14.2. The van der Waals surface area contributed by atoms with E-state index < -0.39 is 18.2 Å². The number of carbonyl (C=O) groups excluding carboxylic acids is 2. The van der Waals surface area contributed by atoms with E-state index in [0.717, 1.165) is 0 Å². The Kier molecular flexibility index (Phi) is 3.66. The van der Waals surface area contributed by atoms with E-state index in [1.165, 1.54) is 23.1 Å². The van der Waals surface area contributed by atoms with Crippen molar-refractivity contribution in [3.63, 3.8) is 0 Å². The maximum absolute atomic E-state index is 13.1. The fourth-order valence-corrected chi connectivity index (χ4v) is 3.10. The predicted molar refractivity (Wildman–Crippen MR) is 92.4 cm³/mol. The molecule has 4 rings (SSSR count). The molecule has 0 spiro atoms. The highest BCUT2D eigenvalue weighted by Gasteiger charge is 2.43. The number of nitrogens with zero attached hydrogens (tertiary/aromatic N) is 1. The van der Waals surface area contributed by atoms with E-state index in [1.807, 2.05) is 0 Å².